The first-order valence-electron chi connectivity index (χ1n) is 14.7. The summed E-state index contributed by atoms with van der Waals surface area (Å²) in [4.78, 5) is 38.6. The summed E-state index contributed by atoms with van der Waals surface area (Å²) >= 11 is 12.5. The number of carbonyl (C=O) groups is 3. The van der Waals surface area contributed by atoms with Crippen LogP contribution in [-0.4, -0.2) is 79.6 Å². The fraction of sp³-hybridized carbons (Fsp3) is 0.312. The third-order valence-corrected chi connectivity index (χ3v) is 10.1. The Bertz CT molecular complexity index is 1660. The van der Waals surface area contributed by atoms with Crippen molar-refractivity contribution in [1.82, 2.24) is 19.8 Å². The third kappa shape index (κ3) is 11.5. The molecule has 12 nitrogen and oxygen atoms in total. The molecule has 0 aliphatic carbocycles. The fourth-order valence-corrected chi connectivity index (χ4v) is 6.77. The van der Waals surface area contributed by atoms with E-state index < -0.39 is 34.5 Å². The zero-order valence-corrected chi connectivity index (χ0v) is 28.2. The second-order valence-electron chi connectivity index (χ2n) is 10.6. The van der Waals surface area contributed by atoms with E-state index in [0.29, 0.717) is 36.4 Å². The van der Waals surface area contributed by atoms with Gasteiger partial charge in [0.25, 0.3) is 0 Å². The molecule has 0 atom stereocenters. The summed E-state index contributed by atoms with van der Waals surface area (Å²) in [6, 6.07) is 19.2. The molecule has 0 fully saturated rings. The number of nitrogens with two attached hydrogens (primary N) is 1. The molecule has 3 amide bonds. The summed E-state index contributed by atoms with van der Waals surface area (Å²) in [5.41, 5.74) is 2.87. The molecule has 0 aliphatic rings. The number of sulfonamides is 1. The van der Waals surface area contributed by atoms with E-state index in [1.807, 2.05) is 42.5 Å². The average molecular weight is 706 g/mol. The highest BCUT2D eigenvalue weighted by atomic mass is 35.5. The number of amides is 3. The lowest BCUT2D eigenvalue weighted by molar-refractivity contribution is -0.133. The number of hydrogen-bond donors (Lipinski definition) is 4. The SMILES string of the molecule is Cc1c(Cl)ccc(S(=O)(=O)N(CCc2ccccc2)CC(=O)NCC(=O)N(CCCCNC(=O)O)Cc2ccc(C=NN)cc2)c1Cl. The molecule has 0 spiro atoms. The van der Waals surface area contributed by atoms with Crippen molar-refractivity contribution in [3.05, 3.63) is 99.0 Å². The molecule has 3 rings (SSSR count). The van der Waals surface area contributed by atoms with Crippen molar-refractivity contribution in [3.63, 3.8) is 0 Å². The number of hydrogen-bond acceptors (Lipinski definition) is 7. The van der Waals surface area contributed by atoms with Gasteiger partial charge in [-0.05, 0) is 60.6 Å². The number of hydrazone groups is 1. The second-order valence-corrected chi connectivity index (χ2v) is 13.3. The lowest BCUT2D eigenvalue weighted by atomic mass is 10.1. The summed E-state index contributed by atoms with van der Waals surface area (Å²) in [7, 11) is -4.24. The molecule has 5 N–H and O–H groups in total. The number of rotatable bonds is 17. The molecule has 3 aromatic carbocycles. The molecule has 252 valence electrons. The van der Waals surface area contributed by atoms with Gasteiger partial charge in [0.15, 0.2) is 0 Å². The number of carboxylic acid groups (broad SMARTS) is 1. The summed E-state index contributed by atoms with van der Waals surface area (Å²) in [6.07, 6.45) is 1.69. The van der Waals surface area contributed by atoms with Crippen LogP contribution >= 0.6 is 23.2 Å². The van der Waals surface area contributed by atoms with Crippen LogP contribution in [0.1, 0.15) is 35.1 Å². The molecular weight excluding hydrogens is 667 g/mol. The minimum Gasteiger partial charge on any atom is -0.465 e. The van der Waals surface area contributed by atoms with E-state index in [4.69, 9.17) is 34.2 Å². The van der Waals surface area contributed by atoms with Gasteiger partial charge >= 0.3 is 6.09 Å². The second kappa shape index (κ2) is 18.2. The largest absolute Gasteiger partial charge is 0.465 e. The predicted octanol–water partition coefficient (Wildman–Crippen LogP) is 4.02. The maximum Gasteiger partial charge on any atom is 0.404 e. The monoisotopic (exact) mass is 704 g/mol. The van der Waals surface area contributed by atoms with Gasteiger partial charge in [-0.2, -0.15) is 9.41 Å². The average Bonchev–Trinajstić information content (AvgIpc) is 3.04. The van der Waals surface area contributed by atoms with Gasteiger partial charge in [-0.25, -0.2) is 13.2 Å². The summed E-state index contributed by atoms with van der Waals surface area (Å²) in [6.45, 7) is 1.41. The molecule has 47 heavy (non-hydrogen) atoms. The highest BCUT2D eigenvalue weighted by Crippen LogP contribution is 2.32. The van der Waals surface area contributed by atoms with Crippen LogP contribution in [0.4, 0.5) is 4.79 Å². The van der Waals surface area contributed by atoms with Gasteiger partial charge in [0.1, 0.15) is 4.90 Å². The van der Waals surface area contributed by atoms with Crippen molar-refractivity contribution in [2.24, 2.45) is 10.9 Å². The van der Waals surface area contributed by atoms with Gasteiger partial charge in [0.2, 0.25) is 21.8 Å². The van der Waals surface area contributed by atoms with Crippen LogP contribution in [-0.2, 0) is 32.6 Å². The van der Waals surface area contributed by atoms with Crippen molar-refractivity contribution >= 4 is 57.3 Å². The summed E-state index contributed by atoms with van der Waals surface area (Å²) < 4.78 is 28.6. The van der Waals surface area contributed by atoms with E-state index in [-0.39, 0.29) is 36.1 Å². The fourth-order valence-electron chi connectivity index (χ4n) is 4.59. The number of nitrogens with one attached hydrogen (secondary N) is 2. The van der Waals surface area contributed by atoms with Crippen LogP contribution in [0.15, 0.2) is 76.7 Å². The molecule has 0 saturated heterocycles. The van der Waals surface area contributed by atoms with Crippen molar-refractivity contribution < 1.29 is 27.9 Å². The molecule has 15 heteroatoms. The molecule has 0 aromatic heterocycles. The Morgan fingerprint density at radius 3 is 2.30 bits per heavy atom. The lowest BCUT2D eigenvalue weighted by Gasteiger charge is -2.25. The summed E-state index contributed by atoms with van der Waals surface area (Å²) in [5.74, 6) is 4.14. The molecule has 0 bridgehead atoms. The Hall–Kier alpha value is -4.17. The van der Waals surface area contributed by atoms with Gasteiger partial charge < -0.3 is 26.5 Å². The number of benzene rings is 3. The van der Waals surface area contributed by atoms with Gasteiger partial charge in [-0.3, -0.25) is 9.59 Å². The van der Waals surface area contributed by atoms with Crippen LogP contribution in [0.25, 0.3) is 0 Å². The van der Waals surface area contributed by atoms with Crippen LogP contribution in [0.2, 0.25) is 10.0 Å². The van der Waals surface area contributed by atoms with Gasteiger partial charge in [0.05, 0.1) is 24.3 Å². The Balaban J connectivity index is 1.73. The quantitative estimate of drug-likeness (QED) is 0.0710. The number of nitrogens with zero attached hydrogens (tertiary/aromatic N) is 3. The van der Waals surface area contributed by atoms with Crippen LogP contribution in [0.3, 0.4) is 0 Å². The standard InChI is InChI=1S/C32H38Cl2N6O6S/c1-23-27(33)13-14-28(31(23)34)47(45,46)40(18-15-24-7-3-2-4-8-24)22-29(41)37-20-30(42)39(17-6-5-16-36-32(43)44)21-26-11-9-25(10-12-26)19-38-35/h2-4,7-14,19,36H,5-6,15-18,20-22,35H2,1H3,(H,37,41)(H,43,44). The first kappa shape index (κ1) is 37.3. The Labute approximate surface area is 284 Å². The molecule has 0 heterocycles. The zero-order valence-electron chi connectivity index (χ0n) is 25.9. The predicted molar refractivity (Wildman–Crippen MR) is 182 cm³/mol. The number of halogens is 2. The van der Waals surface area contributed by atoms with E-state index in [2.05, 4.69) is 15.7 Å². The molecule has 3 aromatic rings. The van der Waals surface area contributed by atoms with Crippen LogP contribution in [0, 0.1) is 6.92 Å². The minimum absolute atomic E-state index is 0.0208. The Morgan fingerprint density at radius 2 is 1.64 bits per heavy atom. The molecule has 0 radical (unpaired) electrons. The number of unbranched alkanes of at least 4 members (excludes halogenated alkanes) is 1. The molecular formula is C32H38Cl2N6O6S. The van der Waals surface area contributed by atoms with Crippen LogP contribution in [0.5, 0.6) is 0 Å². The van der Waals surface area contributed by atoms with E-state index in [0.717, 1.165) is 21.0 Å². The van der Waals surface area contributed by atoms with Crippen molar-refractivity contribution in [2.45, 2.75) is 37.6 Å². The normalized spacial score (nSPS) is 11.5. The Morgan fingerprint density at radius 1 is 0.936 bits per heavy atom. The van der Waals surface area contributed by atoms with Crippen LogP contribution < -0.4 is 16.5 Å². The maximum atomic E-state index is 13.8. The smallest absolute Gasteiger partial charge is 0.404 e. The molecule has 0 aliphatic heterocycles. The van der Waals surface area contributed by atoms with Crippen molar-refractivity contribution in [3.8, 4) is 0 Å². The maximum absolute atomic E-state index is 13.8. The van der Waals surface area contributed by atoms with Crippen molar-refractivity contribution in [1.29, 1.82) is 0 Å². The van der Waals surface area contributed by atoms with Gasteiger partial charge in [-0.1, -0.05) is 77.8 Å². The van der Waals surface area contributed by atoms with Gasteiger partial charge in [0, 0.05) is 31.2 Å². The molecule has 0 saturated carbocycles. The van der Waals surface area contributed by atoms with E-state index >= 15 is 0 Å². The first-order chi connectivity index (χ1) is 22.4. The van der Waals surface area contributed by atoms with E-state index in [1.54, 1.807) is 24.0 Å². The highest BCUT2D eigenvalue weighted by Gasteiger charge is 2.30. The highest BCUT2D eigenvalue weighted by molar-refractivity contribution is 7.89. The zero-order chi connectivity index (χ0) is 34.4. The summed E-state index contributed by atoms with van der Waals surface area (Å²) in [5, 5.41) is 17.4. The number of carbonyl (C=O) groups excluding carboxylic acids is 2. The van der Waals surface area contributed by atoms with E-state index in [1.165, 1.54) is 18.3 Å². The lowest BCUT2D eigenvalue weighted by Crippen LogP contribution is -2.45. The Kier molecular flexibility index (Phi) is 14.5. The van der Waals surface area contributed by atoms with E-state index in [9.17, 15) is 22.8 Å². The third-order valence-electron chi connectivity index (χ3n) is 7.21. The first-order valence-corrected chi connectivity index (χ1v) is 16.9. The topological polar surface area (TPSA) is 175 Å². The van der Waals surface area contributed by atoms with Gasteiger partial charge in [-0.15, -0.1) is 0 Å². The minimum atomic E-state index is -4.24. The molecule has 0 unspecified atom stereocenters. The van der Waals surface area contributed by atoms with Crippen molar-refractivity contribution in [2.75, 3.05) is 32.7 Å².